The molecule has 0 aliphatic carbocycles. The molecular weight excluding hydrogens is 263 g/mol. The van der Waals surface area contributed by atoms with Gasteiger partial charge in [0.25, 0.3) is 0 Å². The summed E-state index contributed by atoms with van der Waals surface area (Å²) >= 11 is 0. The van der Waals surface area contributed by atoms with Crippen LogP contribution in [0.3, 0.4) is 0 Å². The normalized spacial score (nSPS) is 11.0. The van der Waals surface area contributed by atoms with E-state index >= 15 is 0 Å². The summed E-state index contributed by atoms with van der Waals surface area (Å²) in [5.74, 6) is -1.16. The lowest BCUT2D eigenvalue weighted by molar-refractivity contribution is -0.138. The fourth-order valence-corrected chi connectivity index (χ4v) is 1.71. The van der Waals surface area contributed by atoms with E-state index < -0.39 is 26.4 Å². The Labute approximate surface area is 107 Å². The highest BCUT2D eigenvalue weighted by Crippen LogP contribution is 2.34. The maximum atomic E-state index is 10.6. The lowest BCUT2D eigenvalue weighted by Gasteiger charge is -2.19. The number of carbonyl (C=O) groups is 1. The van der Waals surface area contributed by atoms with Gasteiger partial charge in [-0.3, -0.25) is 14.3 Å². The summed E-state index contributed by atoms with van der Waals surface area (Å²) in [6.45, 7) is 2.44. The first-order chi connectivity index (χ1) is 8.26. The number of rotatable bonds is 8. The van der Waals surface area contributed by atoms with Gasteiger partial charge in [-0.05, 0) is 19.4 Å². The maximum absolute atomic E-state index is 10.6. The topological polar surface area (TPSA) is 144 Å². The molecule has 0 saturated carbocycles. The van der Waals surface area contributed by atoms with E-state index in [0.29, 0.717) is 0 Å². The third kappa shape index (κ3) is 17.9. The van der Waals surface area contributed by atoms with Gasteiger partial charge < -0.3 is 25.7 Å². The summed E-state index contributed by atoms with van der Waals surface area (Å²) < 4.78 is 10.6. The molecule has 0 aromatic heterocycles. The number of aliphatic hydroxyl groups excluding tert-OH is 1. The summed E-state index contributed by atoms with van der Waals surface area (Å²) in [7, 11) is -4.24. The smallest absolute Gasteiger partial charge is 0.339 e. The van der Waals surface area contributed by atoms with E-state index in [9.17, 15) is 9.36 Å². The number of carboxylic acids is 1. The molecule has 9 heteroatoms. The number of nitrogens with zero attached hydrogens (tertiary/aromatic N) is 1. The van der Waals surface area contributed by atoms with Gasteiger partial charge in [-0.2, -0.15) is 0 Å². The summed E-state index contributed by atoms with van der Waals surface area (Å²) in [5.41, 5.74) is 5.03. The molecule has 0 heterocycles. The van der Waals surface area contributed by atoms with Crippen molar-refractivity contribution in [1.82, 2.24) is 4.90 Å². The zero-order valence-electron chi connectivity index (χ0n) is 10.5. The van der Waals surface area contributed by atoms with E-state index in [-0.39, 0.29) is 19.6 Å². The Hall–Kier alpha value is -0.500. The molecule has 110 valence electrons. The number of aliphatic hydroxyl groups is 1. The molecule has 18 heavy (non-hydrogen) atoms. The second-order valence-electron chi connectivity index (χ2n) is 3.62. The number of hydrogen-bond donors (Lipinski definition) is 5. The Morgan fingerprint density at radius 2 is 1.89 bits per heavy atom. The van der Waals surface area contributed by atoms with Crippen molar-refractivity contribution in [2.45, 2.75) is 19.8 Å². The van der Waals surface area contributed by atoms with Crippen LogP contribution in [0.5, 0.6) is 0 Å². The van der Waals surface area contributed by atoms with Crippen molar-refractivity contribution >= 4 is 13.6 Å². The monoisotopic (exact) mass is 286 g/mol. The zero-order chi connectivity index (χ0) is 14.6. The van der Waals surface area contributed by atoms with E-state index in [1.54, 1.807) is 0 Å². The molecule has 0 amide bonds. The van der Waals surface area contributed by atoms with Crippen LogP contribution in [0.4, 0.5) is 0 Å². The highest BCUT2D eigenvalue weighted by atomic mass is 31.2. The third-order valence-electron chi connectivity index (χ3n) is 1.66. The molecule has 0 radical (unpaired) electrons. The Bertz CT molecular complexity index is 255. The molecule has 0 aliphatic rings. The second kappa shape index (κ2) is 11.6. The number of nitrogens with two attached hydrogens (primary N) is 1. The molecule has 0 atom stereocenters. The van der Waals surface area contributed by atoms with Gasteiger partial charge in [0.1, 0.15) is 6.29 Å². The molecule has 0 fully saturated rings. The van der Waals surface area contributed by atoms with Gasteiger partial charge in [0.05, 0.1) is 6.54 Å². The molecule has 0 rings (SSSR count). The van der Waals surface area contributed by atoms with Crippen LogP contribution >= 0.6 is 7.60 Å². The Morgan fingerprint density at radius 3 is 2.17 bits per heavy atom. The van der Waals surface area contributed by atoms with Crippen LogP contribution in [0, 0.1) is 0 Å². The Morgan fingerprint density at radius 1 is 1.39 bits per heavy atom. The fourth-order valence-electron chi connectivity index (χ4n) is 0.946. The minimum atomic E-state index is -4.24. The van der Waals surface area contributed by atoms with Crippen LogP contribution in [-0.2, 0) is 9.36 Å². The number of carboxylic acid groups (broad SMARTS) is 1. The van der Waals surface area contributed by atoms with E-state index in [0.717, 1.165) is 17.9 Å². The summed E-state index contributed by atoms with van der Waals surface area (Å²) in [6, 6.07) is 0. The molecule has 0 saturated heterocycles. The second-order valence-corrected chi connectivity index (χ2v) is 5.23. The quantitative estimate of drug-likeness (QED) is 0.366. The Kier molecular flexibility index (Phi) is 12.8. The zero-order valence-corrected chi connectivity index (χ0v) is 11.4. The first kappa shape index (κ1) is 19.8. The van der Waals surface area contributed by atoms with Gasteiger partial charge in [0.2, 0.25) is 0 Å². The molecule has 0 aliphatic heterocycles. The average molecular weight is 286 g/mol. The lowest BCUT2D eigenvalue weighted by Crippen LogP contribution is -2.32. The maximum Gasteiger partial charge on any atom is 0.339 e. The molecule has 0 unspecified atom stereocenters. The highest BCUT2D eigenvalue weighted by molar-refractivity contribution is 7.51. The van der Waals surface area contributed by atoms with Crippen LogP contribution in [0.2, 0.25) is 0 Å². The first-order valence-electron chi connectivity index (χ1n) is 5.56. The van der Waals surface area contributed by atoms with Crippen molar-refractivity contribution in [2.75, 3.05) is 32.5 Å². The van der Waals surface area contributed by atoms with Crippen molar-refractivity contribution in [3.8, 4) is 0 Å². The van der Waals surface area contributed by atoms with Crippen LogP contribution in [0.15, 0.2) is 0 Å². The van der Waals surface area contributed by atoms with Crippen molar-refractivity contribution in [3.05, 3.63) is 0 Å². The standard InChI is InChI=1S/C6H14NO6P.C3H9N/c8-3-1-2-7(4-6(9)10)5-14(11,12)13;1-2-3-4/h8H,1-5H2,(H,9,10)(H2,11,12,13);2-4H2,1H3. The molecule has 0 bridgehead atoms. The van der Waals surface area contributed by atoms with Gasteiger partial charge in [0, 0.05) is 13.2 Å². The van der Waals surface area contributed by atoms with Gasteiger partial charge in [-0.15, -0.1) is 0 Å². The van der Waals surface area contributed by atoms with Gasteiger partial charge in [-0.1, -0.05) is 6.92 Å². The van der Waals surface area contributed by atoms with E-state index in [4.69, 9.17) is 25.7 Å². The molecule has 0 aromatic rings. The minimum Gasteiger partial charge on any atom is -0.480 e. The molecule has 0 aromatic carbocycles. The molecular formula is C9H23N2O6P. The Balaban J connectivity index is 0. The number of hydrogen-bond acceptors (Lipinski definition) is 5. The van der Waals surface area contributed by atoms with Crippen LogP contribution in [0.1, 0.15) is 19.8 Å². The van der Waals surface area contributed by atoms with E-state index in [1.165, 1.54) is 0 Å². The fraction of sp³-hybridized carbons (Fsp3) is 0.889. The van der Waals surface area contributed by atoms with Crippen molar-refractivity contribution in [3.63, 3.8) is 0 Å². The van der Waals surface area contributed by atoms with Crippen LogP contribution in [-0.4, -0.2) is 63.4 Å². The van der Waals surface area contributed by atoms with Gasteiger partial charge >= 0.3 is 13.6 Å². The molecule has 0 spiro atoms. The average Bonchev–Trinajstić information content (AvgIpc) is 2.23. The van der Waals surface area contributed by atoms with E-state index in [2.05, 4.69) is 6.92 Å². The van der Waals surface area contributed by atoms with Crippen LogP contribution in [0.25, 0.3) is 0 Å². The summed E-state index contributed by atoms with van der Waals surface area (Å²) in [5, 5.41) is 16.9. The SMILES string of the molecule is CCCN.O=C(O)CN(CCCO)CP(=O)(O)O. The van der Waals surface area contributed by atoms with Crippen LogP contribution < -0.4 is 5.73 Å². The largest absolute Gasteiger partial charge is 0.480 e. The predicted molar refractivity (Wildman–Crippen MR) is 67.2 cm³/mol. The van der Waals surface area contributed by atoms with Crippen molar-refractivity contribution in [2.24, 2.45) is 5.73 Å². The lowest BCUT2D eigenvalue weighted by atomic mass is 10.4. The van der Waals surface area contributed by atoms with Gasteiger partial charge in [-0.25, -0.2) is 0 Å². The molecule has 8 nitrogen and oxygen atoms in total. The predicted octanol–water partition coefficient (Wildman–Crippen LogP) is -0.754. The summed E-state index contributed by atoms with van der Waals surface area (Å²) in [6.07, 6.45) is 0.784. The van der Waals surface area contributed by atoms with E-state index in [1.807, 2.05) is 0 Å². The third-order valence-corrected chi connectivity index (χ3v) is 2.43. The van der Waals surface area contributed by atoms with Crippen molar-refractivity contribution in [1.29, 1.82) is 0 Å². The molecule has 6 N–H and O–H groups in total. The first-order valence-corrected chi connectivity index (χ1v) is 7.36. The number of aliphatic carboxylic acids is 1. The minimum absolute atomic E-state index is 0.142. The summed E-state index contributed by atoms with van der Waals surface area (Å²) in [4.78, 5) is 28.6. The van der Waals surface area contributed by atoms with Gasteiger partial charge in [0.15, 0.2) is 0 Å². The van der Waals surface area contributed by atoms with Crippen molar-refractivity contribution < 1.29 is 29.4 Å². The highest BCUT2D eigenvalue weighted by Gasteiger charge is 2.20.